The molecule has 3 nitrogen and oxygen atoms in total. The lowest BCUT2D eigenvalue weighted by Crippen LogP contribution is -2.19. The first-order chi connectivity index (χ1) is 8.88. The second-order valence-corrected chi connectivity index (χ2v) is 4.56. The second kappa shape index (κ2) is 7.03. The van der Waals surface area contributed by atoms with Gasteiger partial charge in [-0.2, -0.15) is 0 Å². The molecule has 0 amide bonds. The van der Waals surface area contributed by atoms with Crippen molar-refractivity contribution in [1.82, 2.24) is 4.98 Å². The van der Waals surface area contributed by atoms with E-state index in [2.05, 4.69) is 16.8 Å². The highest BCUT2D eigenvalue weighted by molar-refractivity contribution is 5.36. The van der Waals surface area contributed by atoms with Gasteiger partial charge < -0.3 is 9.84 Å². The fourth-order valence-electron chi connectivity index (χ4n) is 2.15. The Kier molecular flexibility index (Phi) is 5.04. The number of pyridine rings is 1. The van der Waals surface area contributed by atoms with Crippen molar-refractivity contribution in [3.8, 4) is 17.6 Å². The lowest BCUT2D eigenvalue weighted by atomic mass is 9.98. The predicted octanol–water partition coefficient (Wildman–Crippen LogP) is 2.53. The third kappa shape index (κ3) is 4.05. The molecular formula is C15H19NO2. The molecule has 0 bridgehead atoms. The number of aromatic nitrogens is 1. The van der Waals surface area contributed by atoms with Crippen LogP contribution in [0.4, 0.5) is 0 Å². The van der Waals surface area contributed by atoms with Crippen molar-refractivity contribution in [2.45, 2.75) is 44.6 Å². The van der Waals surface area contributed by atoms with Crippen molar-refractivity contribution in [1.29, 1.82) is 0 Å². The Balaban J connectivity index is 1.96. The Hall–Kier alpha value is -1.53. The molecule has 0 aliphatic heterocycles. The number of hydrogen-bond acceptors (Lipinski definition) is 3. The van der Waals surface area contributed by atoms with Crippen molar-refractivity contribution in [2.75, 3.05) is 6.61 Å². The molecule has 1 aromatic rings. The smallest absolute Gasteiger partial charge is 0.139 e. The van der Waals surface area contributed by atoms with Gasteiger partial charge in [-0.1, -0.05) is 18.3 Å². The molecule has 0 saturated heterocycles. The number of aliphatic hydroxyl groups is 1. The lowest BCUT2D eigenvalue weighted by molar-refractivity contribution is 0.154. The van der Waals surface area contributed by atoms with Gasteiger partial charge in [0.05, 0.1) is 18.9 Å². The van der Waals surface area contributed by atoms with Crippen LogP contribution in [0.3, 0.4) is 0 Å². The van der Waals surface area contributed by atoms with E-state index in [-0.39, 0.29) is 6.61 Å². The first-order valence-corrected chi connectivity index (χ1v) is 6.60. The molecule has 1 heterocycles. The number of ether oxygens (including phenoxy) is 1. The molecule has 1 aliphatic carbocycles. The van der Waals surface area contributed by atoms with Gasteiger partial charge in [-0.25, -0.2) is 0 Å². The maximum absolute atomic E-state index is 8.67. The van der Waals surface area contributed by atoms with Gasteiger partial charge in [0.15, 0.2) is 0 Å². The molecule has 0 radical (unpaired) electrons. The molecule has 1 aromatic heterocycles. The van der Waals surface area contributed by atoms with Gasteiger partial charge in [0, 0.05) is 18.2 Å². The molecule has 1 N–H and O–H groups in total. The first-order valence-electron chi connectivity index (χ1n) is 6.60. The van der Waals surface area contributed by atoms with E-state index in [4.69, 9.17) is 9.84 Å². The zero-order chi connectivity index (χ0) is 12.6. The molecule has 18 heavy (non-hydrogen) atoms. The Morgan fingerprint density at radius 3 is 2.89 bits per heavy atom. The number of aliphatic hydroxyl groups excluding tert-OH is 1. The van der Waals surface area contributed by atoms with Crippen molar-refractivity contribution in [3.63, 3.8) is 0 Å². The largest absolute Gasteiger partial charge is 0.489 e. The van der Waals surface area contributed by atoms with Crippen LogP contribution in [-0.2, 0) is 0 Å². The van der Waals surface area contributed by atoms with Gasteiger partial charge in [0.2, 0.25) is 0 Å². The van der Waals surface area contributed by atoms with E-state index in [0.717, 1.165) is 24.2 Å². The van der Waals surface area contributed by atoms with E-state index >= 15 is 0 Å². The minimum absolute atomic E-state index is 0.0959. The van der Waals surface area contributed by atoms with E-state index in [1.807, 2.05) is 6.07 Å². The molecule has 96 valence electrons. The topological polar surface area (TPSA) is 42.4 Å². The Morgan fingerprint density at radius 1 is 1.28 bits per heavy atom. The third-order valence-electron chi connectivity index (χ3n) is 3.04. The highest BCUT2D eigenvalue weighted by atomic mass is 16.5. The number of nitrogens with zero attached hydrogens (tertiary/aromatic N) is 1. The van der Waals surface area contributed by atoms with Crippen molar-refractivity contribution >= 4 is 0 Å². The SMILES string of the molecule is OCCC#Cc1cncc(OC2CCCCC2)c1. The van der Waals surface area contributed by atoms with E-state index < -0.39 is 0 Å². The summed E-state index contributed by atoms with van der Waals surface area (Å²) in [6.45, 7) is 0.0959. The summed E-state index contributed by atoms with van der Waals surface area (Å²) < 4.78 is 5.92. The van der Waals surface area contributed by atoms with Crippen molar-refractivity contribution in [3.05, 3.63) is 24.0 Å². The van der Waals surface area contributed by atoms with Crippen molar-refractivity contribution < 1.29 is 9.84 Å². The van der Waals surface area contributed by atoms with Crippen LogP contribution in [0, 0.1) is 11.8 Å². The number of hydrogen-bond donors (Lipinski definition) is 1. The summed E-state index contributed by atoms with van der Waals surface area (Å²) in [5, 5.41) is 8.67. The average molecular weight is 245 g/mol. The molecule has 1 fully saturated rings. The molecule has 0 atom stereocenters. The molecule has 1 saturated carbocycles. The average Bonchev–Trinajstić information content (AvgIpc) is 2.41. The monoisotopic (exact) mass is 245 g/mol. The van der Waals surface area contributed by atoms with Crippen LogP contribution in [-0.4, -0.2) is 22.8 Å². The van der Waals surface area contributed by atoms with Crippen LogP contribution in [0.25, 0.3) is 0 Å². The molecular weight excluding hydrogens is 226 g/mol. The normalized spacial score (nSPS) is 15.8. The van der Waals surface area contributed by atoms with Gasteiger partial charge in [0.25, 0.3) is 0 Å². The molecule has 3 heteroatoms. The zero-order valence-electron chi connectivity index (χ0n) is 10.6. The Morgan fingerprint density at radius 2 is 2.11 bits per heavy atom. The Labute approximate surface area is 108 Å². The summed E-state index contributed by atoms with van der Waals surface area (Å²) in [7, 11) is 0. The highest BCUT2D eigenvalue weighted by Gasteiger charge is 2.14. The quantitative estimate of drug-likeness (QED) is 0.832. The van der Waals surface area contributed by atoms with Gasteiger partial charge in [-0.05, 0) is 31.7 Å². The van der Waals surface area contributed by atoms with E-state index in [0.29, 0.717) is 12.5 Å². The van der Waals surface area contributed by atoms with Gasteiger partial charge in [-0.15, -0.1) is 0 Å². The van der Waals surface area contributed by atoms with Crippen LogP contribution in [0.1, 0.15) is 44.1 Å². The first kappa shape index (κ1) is 12.9. The maximum atomic E-state index is 8.67. The fraction of sp³-hybridized carbons (Fsp3) is 0.533. The van der Waals surface area contributed by atoms with Gasteiger partial charge in [0.1, 0.15) is 5.75 Å². The van der Waals surface area contributed by atoms with Gasteiger partial charge in [-0.3, -0.25) is 4.98 Å². The molecule has 0 unspecified atom stereocenters. The predicted molar refractivity (Wildman–Crippen MR) is 70.3 cm³/mol. The highest BCUT2D eigenvalue weighted by Crippen LogP contribution is 2.23. The van der Waals surface area contributed by atoms with Crippen molar-refractivity contribution in [2.24, 2.45) is 0 Å². The summed E-state index contributed by atoms with van der Waals surface area (Å²) in [6.07, 6.45) is 10.4. The summed E-state index contributed by atoms with van der Waals surface area (Å²) in [5.74, 6) is 6.66. The van der Waals surface area contributed by atoms with E-state index in [1.165, 1.54) is 19.3 Å². The lowest BCUT2D eigenvalue weighted by Gasteiger charge is -2.22. The van der Waals surface area contributed by atoms with Gasteiger partial charge >= 0.3 is 0 Å². The minimum Gasteiger partial charge on any atom is -0.489 e. The molecule has 0 spiro atoms. The summed E-state index contributed by atoms with van der Waals surface area (Å²) in [4.78, 5) is 4.14. The van der Waals surface area contributed by atoms with Crippen LogP contribution in [0.5, 0.6) is 5.75 Å². The second-order valence-electron chi connectivity index (χ2n) is 4.56. The van der Waals surface area contributed by atoms with Crippen LogP contribution in [0.2, 0.25) is 0 Å². The minimum atomic E-state index is 0.0959. The Bertz CT molecular complexity index is 428. The summed E-state index contributed by atoms with van der Waals surface area (Å²) >= 11 is 0. The molecule has 1 aliphatic rings. The zero-order valence-corrected chi connectivity index (χ0v) is 10.6. The van der Waals surface area contributed by atoms with Crippen LogP contribution >= 0.6 is 0 Å². The summed E-state index contributed by atoms with van der Waals surface area (Å²) in [6, 6.07) is 1.92. The number of rotatable bonds is 3. The fourth-order valence-corrected chi connectivity index (χ4v) is 2.15. The summed E-state index contributed by atoms with van der Waals surface area (Å²) in [5.41, 5.74) is 0.844. The van der Waals surface area contributed by atoms with E-state index in [9.17, 15) is 0 Å². The van der Waals surface area contributed by atoms with E-state index in [1.54, 1.807) is 12.4 Å². The molecule has 2 rings (SSSR count). The maximum Gasteiger partial charge on any atom is 0.139 e. The third-order valence-corrected chi connectivity index (χ3v) is 3.04. The van der Waals surface area contributed by atoms with Crippen LogP contribution in [0.15, 0.2) is 18.5 Å². The molecule has 0 aromatic carbocycles. The van der Waals surface area contributed by atoms with Crippen LogP contribution < -0.4 is 4.74 Å². The standard InChI is InChI=1S/C15H19NO2/c17-9-5-4-6-13-10-15(12-16-11-13)18-14-7-2-1-3-8-14/h10-12,14,17H,1-3,5,7-9H2.